The Balaban J connectivity index is 1.74. The average molecular weight is 363 g/mol. The molecule has 0 saturated carbocycles. The van der Waals surface area contributed by atoms with E-state index >= 15 is 0 Å². The molecule has 0 aliphatic heterocycles. The van der Waals surface area contributed by atoms with Crippen LogP contribution in [0, 0.1) is 5.82 Å². The minimum Gasteiger partial charge on any atom is -0.346 e. The van der Waals surface area contributed by atoms with Crippen molar-refractivity contribution in [3.8, 4) is 11.3 Å². The first kappa shape index (κ1) is 16.4. The van der Waals surface area contributed by atoms with Gasteiger partial charge in [0.05, 0.1) is 23.3 Å². The number of pyridine rings is 1. The highest BCUT2D eigenvalue weighted by Gasteiger charge is 2.14. The van der Waals surface area contributed by atoms with Gasteiger partial charge in [-0.25, -0.2) is 14.4 Å². The molecule has 0 saturated heterocycles. The van der Waals surface area contributed by atoms with Crippen LogP contribution in [-0.4, -0.2) is 15.9 Å². The van der Waals surface area contributed by atoms with Crippen LogP contribution in [0.3, 0.4) is 0 Å². The predicted molar refractivity (Wildman–Crippen MR) is 100 cm³/mol. The van der Waals surface area contributed by atoms with Crippen molar-refractivity contribution in [2.75, 3.05) is 0 Å². The molecule has 2 heterocycles. The maximum absolute atomic E-state index is 13.2. The Hall–Kier alpha value is -3.12. The van der Waals surface area contributed by atoms with Crippen molar-refractivity contribution < 1.29 is 9.18 Å². The summed E-state index contributed by atoms with van der Waals surface area (Å²) < 4.78 is 13.2. The van der Waals surface area contributed by atoms with Gasteiger partial charge in [-0.05, 0) is 36.4 Å². The molecule has 6 heteroatoms. The van der Waals surface area contributed by atoms with Gasteiger partial charge in [-0.3, -0.25) is 4.79 Å². The van der Waals surface area contributed by atoms with Crippen molar-refractivity contribution in [3.63, 3.8) is 0 Å². The molecular formula is C20H14FN3OS. The highest BCUT2D eigenvalue weighted by Crippen LogP contribution is 2.25. The van der Waals surface area contributed by atoms with Gasteiger partial charge in [-0.1, -0.05) is 18.2 Å². The molecule has 0 radical (unpaired) electrons. The number of benzene rings is 2. The second-order valence-electron chi connectivity index (χ2n) is 5.69. The number of hydrogen-bond acceptors (Lipinski definition) is 4. The fraction of sp³-hybridized carbons (Fsp3) is 0.0500. The van der Waals surface area contributed by atoms with Crippen molar-refractivity contribution in [2.45, 2.75) is 6.54 Å². The van der Waals surface area contributed by atoms with Gasteiger partial charge in [0.2, 0.25) is 0 Å². The summed E-state index contributed by atoms with van der Waals surface area (Å²) in [6, 6.07) is 15.3. The zero-order valence-corrected chi connectivity index (χ0v) is 14.5. The summed E-state index contributed by atoms with van der Waals surface area (Å²) in [5, 5.41) is 6.39. The number of aromatic nitrogens is 2. The number of carbonyl (C=O) groups excluding carboxylic acids is 1. The maximum Gasteiger partial charge on any atom is 0.252 e. The molecule has 4 nitrogen and oxygen atoms in total. The summed E-state index contributed by atoms with van der Waals surface area (Å²) in [5.41, 5.74) is 2.63. The molecule has 0 aliphatic rings. The van der Waals surface area contributed by atoms with E-state index in [9.17, 15) is 9.18 Å². The lowest BCUT2D eigenvalue weighted by atomic mass is 10.0. The van der Waals surface area contributed by atoms with Gasteiger partial charge >= 0.3 is 0 Å². The maximum atomic E-state index is 13.2. The summed E-state index contributed by atoms with van der Waals surface area (Å²) in [4.78, 5) is 21.6. The number of para-hydroxylation sites is 1. The van der Waals surface area contributed by atoms with Crippen LogP contribution in [0.1, 0.15) is 15.4 Å². The first-order chi connectivity index (χ1) is 12.7. The Morgan fingerprint density at radius 2 is 1.92 bits per heavy atom. The Morgan fingerprint density at radius 3 is 2.69 bits per heavy atom. The quantitative estimate of drug-likeness (QED) is 0.584. The molecule has 0 aliphatic carbocycles. The smallest absolute Gasteiger partial charge is 0.252 e. The Morgan fingerprint density at radius 1 is 1.12 bits per heavy atom. The molecule has 2 aromatic carbocycles. The van der Waals surface area contributed by atoms with E-state index in [1.54, 1.807) is 24.4 Å². The van der Waals surface area contributed by atoms with Gasteiger partial charge in [0.1, 0.15) is 10.8 Å². The van der Waals surface area contributed by atoms with E-state index in [1.165, 1.54) is 23.5 Å². The molecule has 0 unspecified atom stereocenters. The van der Waals surface area contributed by atoms with Crippen LogP contribution in [0.15, 0.2) is 66.2 Å². The Kier molecular flexibility index (Phi) is 4.41. The number of rotatable bonds is 4. The number of thiazole rings is 1. The van der Waals surface area contributed by atoms with Gasteiger partial charge in [0.25, 0.3) is 5.91 Å². The summed E-state index contributed by atoms with van der Waals surface area (Å²) in [6.45, 7) is 0.374. The molecule has 4 rings (SSSR count). The molecule has 128 valence electrons. The van der Waals surface area contributed by atoms with E-state index in [-0.39, 0.29) is 11.7 Å². The zero-order valence-electron chi connectivity index (χ0n) is 13.6. The number of hydrogen-bond donors (Lipinski definition) is 1. The fourth-order valence-electron chi connectivity index (χ4n) is 2.72. The first-order valence-electron chi connectivity index (χ1n) is 8.03. The second-order valence-corrected chi connectivity index (χ2v) is 6.67. The molecule has 1 amide bonds. The van der Waals surface area contributed by atoms with Crippen LogP contribution in [-0.2, 0) is 6.54 Å². The van der Waals surface area contributed by atoms with Crippen LogP contribution < -0.4 is 5.32 Å². The van der Waals surface area contributed by atoms with Crippen LogP contribution in [0.4, 0.5) is 4.39 Å². The molecular weight excluding hydrogens is 349 g/mol. The SMILES string of the molecule is O=C(NCc1nccs1)c1cc(-c2ccc(F)cc2)nc2ccccc12. The average Bonchev–Trinajstić information content (AvgIpc) is 3.19. The molecule has 0 bridgehead atoms. The second kappa shape index (κ2) is 7.01. The third-order valence-corrected chi connectivity index (χ3v) is 4.76. The topological polar surface area (TPSA) is 54.9 Å². The lowest BCUT2D eigenvalue weighted by Crippen LogP contribution is -2.23. The molecule has 1 N–H and O–H groups in total. The normalized spacial score (nSPS) is 10.8. The molecule has 4 aromatic rings. The van der Waals surface area contributed by atoms with Gasteiger partial charge in [0, 0.05) is 22.5 Å². The number of carbonyl (C=O) groups is 1. The van der Waals surface area contributed by atoms with Crippen molar-refractivity contribution in [2.24, 2.45) is 0 Å². The molecule has 0 fully saturated rings. The van der Waals surface area contributed by atoms with Gasteiger partial charge in [-0.15, -0.1) is 11.3 Å². The van der Waals surface area contributed by atoms with Crippen molar-refractivity contribution in [1.29, 1.82) is 0 Å². The summed E-state index contributed by atoms with van der Waals surface area (Å²) in [7, 11) is 0. The number of amides is 1. The van der Waals surface area contributed by atoms with Gasteiger partial charge < -0.3 is 5.32 Å². The summed E-state index contributed by atoms with van der Waals surface area (Å²) in [6.07, 6.45) is 1.71. The van der Waals surface area contributed by atoms with E-state index in [4.69, 9.17) is 0 Å². The molecule has 0 atom stereocenters. The third-order valence-electron chi connectivity index (χ3n) is 3.98. The molecule has 0 spiro atoms. The number of nitrogens with one attached hydrogen (secondary N) is 1. The largest absolute Gasteiger partial charge is 0.346 e. The van der Waals surface area contributed by atoms with E-state index in [0.717, 1.165) is 16.0 Å². The van der Waals surface area contributed by atoms with E-state index < -0.39 is 0 Å². The minimum atomic E-state index is -0.309. The lowest BCUT2D eigenvalue weighted by Gasteiger charge is -2.10. The molecule has 2 aromatic heterocycles. The van der Waals surface area contributed by atoms with E-state index in [2.05, 4.69) is 15.3 Å². The Labute approximate surface area is 153 Å². The van der Waals surface area contributed by atoms with Crippen molar-refractivity contribution >= 4 is 28.1 Å². The highest BCUT2D eigenvalue weighted by molar-refractivity contribution is 7.09. The van der Waals surface area contributed by atoms with Crippen LogP contribution in [0.2, 0.25) is 0 Å². The van der Waals surface area contributed by atoms with Gasteiger partial charge in [0.15, 0.2) is 0 Å². The van der Waals surface area contributed by atoms with E-state index in [1.807, 2.05) is 29.6 Å². The lowest BCUT2D eigenvalue weighted by molar-refractivity contribution is 0.0952. The minimum absolute atomic E-state index is 0.192. The van der Waals surface area contributed by atoms with Crippen molar-refractivity contribution in [3.05, 3.63) is 82.6 Å². The fourth-order valence-corrected chi connectivity index (χ4v) is 3.28. The van der Waals surface area contributed by atoms with Gasteiger partial charge in [-0.2, -0.15) is 0 Å². The first-order valence-corrected chi connectivity index (χ1v) is 8.91. The number of nitrogens with zero attached hydrogens (tertiary/aromatic N) is 2. The highest BCUT2D eigenvalue weighted by atomic mass is 32.1. The standard InChI is InChI=1S/C20H14FN3OS/c21-14-7-5-13(6-8-14)18-11-16(15-3-1-2-4-17(15)24-18)20(25)23-12-19-22-9-10-26-19/h1-11H,12H2,(H,23,25). The summed E-state index contributed by atoms with van der Waals surface area (Å²) >= 11 is 1.49. The summed E-state index contributed by atoms with van der Waals surface area (Å²) in [5.74, 6) is -0.502. The Bertz CT molecular complexity index is 1060. The van der Waals surface area contributed by atoms with Crippen LogP contribution >= 0.6 is 11.3 Å². The number of halogens is 1. The zero-order chi connectivity index (χ0) is 17.9. The predicted octanol–water partition coefficient (Wildman–Crippen LogP) is 4.43. The van der Waals surface area contributed by atoms with Crippen LogP contribution in [0.25, 0.3) is 22.2 Å². The monoisotopic (exact) mass is 363 g/mol. The number of fused-ring (bicyclic) bond motifs is 1. The van der Waals surface area contributed by atoms with Crippen molar-refractivity contribution in [1.82, 2.24) is 15.3 Å². The van der Waals surface area contributed by atoms with E-state index in [0.29, 0.717) is 23.3 Å². The van der Waals surface area contributed by atoms with Crippen LogP contribution in [0.5, 0.6) is 0 Å². The molecule has 26 heavy (non-hydrogen) atoms. The third kappa shape index (κ3) is 3.32.